The van der Waals surface area contributed by atoms with Crippen LogP contribution in [0.4, 0.5) is 0 Å². The Labute approximate surface area is 147 Å². The summed E-state index contributed by atoms with van der Waals surface area (Å²) in [5.74, 6) is 0.724. The van der Waals surface area contributed by atoms with Crippen molar-refractivity contribution >= 4 is 11.8 Å². The Bertz CT molecular complexity index is 661. The minimum absolute atomic E-state index is 0.0679. The molecule has 2 amide bonds. The molecule has 1 aromatic rings. The highest BCUT2D eigenvalue weighted by Gasteiger charge is 2.25. The summed E-state index contributed by atoms with van der Waals surface area (Å²) in [5.41, 5.74) is 5.80. The number of hydrogen-bond donors (Lipinski definition) is 1. The number of primary amides is 1. The van der Waals surface area contributed by atoms with Gasteiger partial charge in [0.2, 0.25) is 11.8 Å². The number of amides is 2. The number of hydrogen-bond acceptors (Lipinski definition) is 5. The van der Waals surface area contributed by atoms with Gasteiger partial charge in [-0.05, 0) is 31.4 Å². The summed E-state index contributed by atoms with van der Waals surface area (Å²) in [5, 5.41) is 8.88. The van der Waals surface area contributed by atoms with E-state index < -0.39 is 0 Å². The lowest BCUT2D eigenvalue weighted by molar-refractivity contribution is -0.135. The van der Waals surface area contributed by atoms with Gasteiger partial charge >= 0.3 is 0 Å². The maximum absolute atomic E-state index is 12.2. The number of carbonyl (C=O) groups excluding carboxylic acids is 2. The van der Waals surface area contributed by atoms with Gasteiger partial charge in [-0.25, -0.2) is 0 Å². The van der Waals surface area contributed by atoms with Crippen LogP contribution in [0.15, 0.2) is 18.2 Å². The van der Waals surface area contributed by atoms with Crippen molar-refractivity contribution in [3.63, 3.8) is 0 Å². The second-order valence-corrected chi connectivity index (χ2v) is 5.99. The molecule has 25 heavy (non-hydrogen) atoms. The Hall–Kier alpha value is -2.75. The lowest BCUT2D eigenvalue weighted by atomic mass is 9.96. The Morgan fingerprint density at radius 3 is 2.64 bits per heavy atom. The lowest BCUT2D eigenvalue weighted by Gasteiger charge is -2.30. The first-order chi connectivity index (χ1) is 12.0. The van der Waals surface area contributed by atoms with Gasteiger partial charge in [-0.2, -0.15) is 5.26 Å². The van der Waals surface area contributed by atoms with Crippen molar-refractivity contribution in [1.29, 1.82) is 5.26 Å². The van der Waals surface area contributed by atoms with Crippen LogP contribution in [0.3, 0.4) is 0 Å². The third kappa shape index (κ3) is 5.11. The van der Waals surface area contributed by atoms with Gasteiger partial charge in [0, 0.05) is 31.5 Å². The fourth-order valence-corrected chi connectivity index (χ4v) is 2.83. The minimum atomic E-state index is -0.281. The number of rotatable bonds is 7. The van der Waals surface area contributed by atoms with Gasteiger partial charge in [0.15, 0.2) is 11.5 Å². The third-order valence-corrected chi connectivity index (χ3v) is 4.34. The zero-order chi connectivity index (χ0) is 18.2. The van der Waals surface area contributed by atoms with Crippen molar-refractivity contribution in [1.82, 2.24) is 4.90 Å². The van der Waals surface area contributed by atoms with Crippen LogP contribution in [0, 0.1) is 17.2 Å². The van der Waals surface area contributed by atoms with E-state index in [0.29, 0.717) is 62.4 Å². The van der Waals surface area contributed by atoms with Crippen molar-refractivity contribution in [2.75, 3.05) is 26.8 Å². The number of benzene rings is 1. The van der Waals surface area contributed by atoms with Crippen LogP contribution in [-0.4, -0.2) is 43.5 Å². The topological polar surface area (TPSA) is 106 Å². The maximum Gasteiger partial charge on any atom is 0.222 e. The smallest absolute Gasteiger partial charge is 0.222 e. The van der Waals surface area contributed by atoms with Gasteiger partial charge < -0.3 is 20.1 Å². The molecule has 0 bridgehead atoms. The zero-order valence-corrected chi connectivity index (χ0v) is 14.4. The van der Waals surface area contributed by atoms with E-state index in [1.165, 1.54) is 7.11 Å². The first-order valence-corrected chi connectivity index (χ1v) is 8.33. The van der Waals surface area contributed by atoms with E-state index in [1.807, 2.05) is 6.07 Å². The largest absolute Gasteiger partial charge is 0.493 e. The Balaban J connectivity index is 1.74. The second kappa shape index (κ2) is 8.92. The summed E-state index contributed by atoms with van der Waals surface area (Å²) in [7, 11) is 1.52. The zero-order valence-electron chi connectivity index (χ0n) is 14.4. The molecular weight excluding hydrogens is 322 g/mol. The average molecular weight is 345 g/mol. The van der Waals surface area contributed by atoms with Gasteiger partial charge in [0.25, 0.3) is 0 Å². The molecule has 1 aliphatic heterocycles. The standard InChI is InChI=1S/C18H23N3O4/c1-24-16-11-13(12-19)4-5-15(16)25-10-2-3-17(22)21-8-6-14(7-9-21)18(20)23/h4-5,11,14H,2-3,6-10H2,1H3,(H2,20,23). The summed E-state index contributed by atoms with van der Waals surface area (Å²) >= 11 is 0. The Morgan fingerprint density at radius 2 is 2.04 bits per heavy atom. The number of nitrogens with two attached hydrogens (primary N) is 1. The molecular formula is C18H23N3O4. The third-order valence-electron chi connectivity index (χ3n) is 4.34. The molecule has 0 saturated carbocycles. The predicted octanol–water partition coefficient (Wildman–Crippen LogP) is 1.45. The fraction of sp³-hybridized carbons (Fsp3) is 0.500. The Morgan fingerprint density at radius 1 is 1.32 bits per heavy atom. The molecule has 1 heterocycles. The van der Waals surface area contributed by atoms with E-state index >= 15 is 0 Å². The number of nitriles is 1. The molecule has 0 unspecified atom stereocenters. The van der Waals surface area contributed by atoms with E-state index in [-0.39, 0.29) is 17.7 Å². The molecule has 0 aliphatic carbocycles. The molecule has 1 aliphatic rings. The quantitative estimate of drug-likeness (QED) is 0.753. The number of nitrogens with zero attached hydrogens (tertiary/aromatic N) is 2. The van der Waals surface area contributed by atoms with Crippen LogP contribution in [0.5, 0.6) is 11.5 Å². The highest BCUT2D eigenvalue weighted by molar-refractivity contribution is 5.78. The maximum atomic E-state index is 12.2. The number of methoxy groups -OCH3 is 1. The second-order valence-electron chi connectivity index (χ2n) is 5.99. The first kappa shape index (κ1) is 18.6. The van der Waals surface area contributed by atoms with Crippen LogP contribution < -0.4 is 15.2 Å². The van der Waals surface area contributed by atoms with E-state index in [1.54, 1.807) is 23.1 Å². The highest BCUT2D eigenvalue weighted by Crippen LogP contribution is 2.28. The highest BCUT2D eigenvalue weighted by atomic mass is 16.5. The van der Waals surface area contributed by atoms with Gasteiger partial charge in [-0.3, -0.25) is 9.59 Å². The fourth-order valence-electron chi connectivity index (χ4n) is 2.83. The molecule has 0 spiro atoms. The van der Waals surface area contributed by atoms with E-state index in [9.17, 15) is 9.59 Å². The number of ether oxygens (including phenoxy) is 2. The Kier molecular flexibility index (Phi) is 6.63. The molecule has 7 nitrogen and oxygen atoms in total. The number of carbonyl (C=O) groups is 2. The van der Waals surface area contributed by atoms with Crippen molar-refractivity contribution in [3.8, 4) is 17.6 Å². The van der Waals surface area contributed by atoms with Crippen LogP contribution in [0.2, 0.25) is 0 Å². The number of likely N-dealkylation sites (tertiary alicyclic amines) is 1. The molecule has 1 saturated heterocycles. The normalized spacial score (nSPS) is 14.6. The first-order valence-electron chi connectivity index (χ1n) is 8.33. The molecule has 0 aromatic heterocycles. The number of piperidine rings is 1. The van der Waals surface area contributed by atoms with E-state index in [2.05, 4.69) is 0 Å². The predicted molar refractivity (Wildman–Crippen MR) is 90.9 cm³/mol. The van der Waals surface area contributed by atoms with Gasteiger partial charge in [0.05, 0.1) is 25.3 Å². The van der Waals surface area contributed by atoms with E-state index in [4.69, 9.17) is 20.5 Å². The van der Waals surface area contributed by atoms with Gasteiger partial charge in [-0.1, -0.05) is 0 Å². The van der Waals surface area contributed by atoms with E-state index in [0.717, 1.165) is 0 Å². The monoisotopic (exact) mass is 345 g/mol. The summed E-state index contributed by atoms with van der Waals surface area (Å²) in [6.45, 7) is 1.54. The minimum Gasteiger partial charge on any atom is -0.493 e. The molecule has 1 aromatic carbocycles. The molecule has 134 valence electrons. The molecule has 0 atom stereocenters. The molecule has 2 rings (SSSR count). The summed E-state index contributed by atoms with van der Waals surface area (Å²) < 4.78 is 10.8. The molecule has 2 N–H and O–H groups in total. The van der Waals surface area contributed by atoms with Gasteiger partial charge in [-0.15, -0.1) is 0 Å². The average Bonchev–Trinajstić information content (AvgIpc) is 2.65. The summed E-state index contributed by atoms with van der Waals surface area (Å²) in [6, 6.07) is 7.00. The van der Waals surface area contributed by atoms with Crippen molar-refractivity contribution < 1.29 is 19.1 Å². The van der Waals surface area contributed by atoms with Gasteiger partial charge in [0.1, 0.15) is 0 Å². The van der Waals surface area contributed by atoms with Crippen molar-refractivity contribution in [2.24, 2.45) is 11.7 Å². The molecule has 0 radical (unpaired) electrons. The van der Waals surface area contributed by atoms with Crippen molar-refractivity contribution in [3.05, 3.63) is 23.8 Å². The summed E-state index contributed by atoms with van der Waals surface area (Å²) in [4.78, 5) is 25.1. The lowest BCUT2D eigenvalue weighted by Crippen LogP contribution is -2.41. The van der Waals surface area contributed by atoms with Crippen LogP contribution in [0.1, 0.15) is 31.2 Å². The molecule has 7 heteroatoms. The SMILES string of the molecule is COc1cc(C#N)ccc1OCCCC(=O)N1CCC(C(N)=O)CC1. The van der Waals surface area contributed by atoms with Crippen LogP contribution in [0.25, 0.3) is 0 Å². The van der Waals surface area contributed by atoms with Crippen LogP contribution >= 0.6 is 0 Å². The summed E-state index contributed by atoms with van der Waals surface area (Å²) in [6.07, 6.45) is 2.25. The van der Waals surface area contributed by atoms with Crippen LogP contribution in [-0.2, 0) is 9.59 Å². The molecule has 1 fully saturated rings. The van der Waals surface area contributed by atoms with Crippen molar-refractivity contribution in [2.45, 2.75) is 25.7 Å².